The molecule has 6 heteroatoms. The molecule has 0 bridgehead atoms. The van der Waals surface area contributed by atoms with Crippen LogP contribution in [0.25, 0.3) is 0 Å². The van der Waals surface area contributed by atoms with E-state index in [9.17, 15) is 14.4 Å². The Hall–Kier alpha value is -1.59. The van der Waals surface area contributed by atoms with E-state index in [0.717, 1.165) is 63.7 Å². The highest BCUT2D eigenvalue weighted by molar-refractivity contribution is 5.71. The maximum atomic E-state index is 12.7. The number of hydrogen-bond acceptors (Lipinski definition) is 6. The molecule has 0 fully saturated rings. The summed E-state index contributed by atoms with van der Waals surface area (Å²) in [5.41, 5.74) is 0. The smallest absolute Gasteiger partial charge is 0.306 e. The van der Waals surface area contributed by atoms with Crippen molar-refractivity contribution in [3.05, 3.63) is 0 Å². The van der Waals surface area contributed by atoms with Crippen molar-refractivity contribution >= 4 is 17.9 Å². The van der Waals surface area contributed by atoms with Crippen molar-refractivity contribution < 1.29 is 28.6 Å². The normalized spacial score (nSPS) is 12.4. The third-order valence-corrected chi connectivity index (χ3v) is 13.2. The lowest BCUT2D eigenvalue weighted by Crippen LogP contribution is -2.30. The molecule has 0 amide bonds. The van der Waals surface area contributed by atoms with E-state index in [1.807, 2.05) is 0 Å². The summed E-state index contributed by atoms with van der Waals surface area (Å²) in [4.78, 5) is 38.0. The molecule has 0 radical (unpaired) electrons. The summed E-state index contributed by atoms with van der Waals surface area (Å²) in [7, 11) is 0. The topological polar surface area (TPSA) is 78.9 Å². The maximum Gasteiger partial charge on any atom is 0.306 e. The van der Waals surface area contributed by atoms with Gasteiger partial charge in [0, 0.05) is 19.3 Å². The second-order valence-corrected chi connectivity index (χ2v) is 19.5. The van der Waals surface area contributed by atoms with E-state index in [0.29, 0.717) is 19.3 Å². The summed E-state index contributed by atoms with van der Waals surface area (Å²) in [6.45, 7) is 9.07. The van der Waals surface area contributed by atoms with Crippen molar-refractivity contribution in [2.75, 3.05) is 13.2 Å². The van der Waals surface area contributed by atoms with E-state index in [1.165, 1.54) is 212 Å². The van der Waals surface area contributed by atoms with Crippen LogP contribution in [0.1, 0.15) is 317 Å². The second-order valence-electron chi connectivity index (χ2n) is 19.5. The summed E-state index contributed by atoms with van der Waals surface area (Å²) in [5, 5.41) is 0. The quantitative estimate of drug-likeness (QED) is 0.0344. The van der Waals surface area contributed by atoms with Gasteiger partial charge in [0.05, 0.1) is 0 Å². The van der Waals surface area contributed by atoms with Crippen LogP contribution in [-0.2, 0) is 28.6 Å². The molecule has 62 heavy (non-hydrogen) atoms. The summed E-state index contributed by atoms with van der Waals surface area (Å²) in [6, 6.07) is 0. The van der Waals surface area contributed by atoms with Gasteiger partial charge < -0.3 is 14.2 Å². The van der Waals surface area contributed by atoms with Gasteiger partial charge in [-0.1, -0.05) is 278 Å². The standard InChI is InChI=1S/C56H108O6/c1-5-8-10-12-14-16-17-18-19-20-21-25-28-32-35-39-43-47-54(57)60-50-53(62-56(59)49-45-41-37-30-15-13-11-9-6-2)51-61-55(58)48-44-40-36-33-29-26-23-22-24-27-31-34-38-42-46-52(4)7-3/h52-53H,5-51H2,1-4H3/t52?,53-/m0/s1. The Bertz CT molecular complexity index is 935. The van der Waals surface area contributed by atoms with E-state index < -0.39 is 6.10 Å². The summed E-state index contributed by atoms with van der Waals surface area (Å²) >= 11 is 0. The van der Waals surface area contributed by atoms with Gasteiger partial charge in [-0.15, -0.1) is 0 Å². The van der Waals surface area contributed by atoms with Gasteiger partial charge in [0.2, 0.25) is 0 Å². The van der Waals surface area contributed by atoms with E-state index in [-0.39, 0.29) is 31.1 Å². The number of esters is 3. The molecule has 0 heterocycles. The van der Waals surface area contributed by atoms with E-state index >= 15 is 0 Å². The van der Waals surface area contributed by atoms with Crippen molar-refractivity contribution in [2.24, 2.45) is 5.92 Å². The molecule has 0 rings (SSSR count). The first-order valence-electron chi connectivity index (χ1n) is 27.9. The lowest BCUT2D eigenvalue weighted by Gasteiger charge is -2.18. The third kappa shape index (κ3) is 47.9. The summed E-state index contributed by atoms with van der Waals surface area (Å²) < 4.78 is 16.8. The van der Waals surface area contributed by atoms with E-state index in [1.54, 1.807) is 0 Å². The number of carbonyl (C=O) groups is 3. The fraction of sp³-hybridized carbons (Fsp3) is 0.946. The van der Waals surface area contributed by atoms with Crippen LogP contribution in [0, 0.1) is 5.92 Å². The molecule has 0 saturated carbocycles. The SMILES string of the molecule is CCCCCCCCCCCCCCCCCCCC(=O)OC[C@@H](COC(=O)CCCCCCCCCCCCCCCCC(C)CC)OC(=O)CCCCCCCCCCC. The van der Waals surface area contributed by atoms with Gasteiger partial charge in [0.25, 0.3) is 0 Å². The van der Waals surface area contributed by atoms with Gasteiger partial charge in [-0.05, 0) is 25.2 Å². The van der Waals surface area contributed by atoms with Crippen LogP contribution in [0.3, 0.4) is 0 Å². The highest BCUT2D eigenvalue weighted by Crippen LogP contribution is 2.18. The molecule has 0 N–H and O–H groups in total. The molecular formula is C56H108O6. The van der Waals surface area contributed by atoms with Crippen LogP contribution in [0.15, 0.2) is 0 Å². The van der Waals surface area contributed by atoms with Gasteiger partial charge in [0.15, 0.2) is 6.10 Å². The largest absolute Gasteiger partial charge is 0.462 e. The van der Waals surface area contributed by atoms with Gasteiger partial charge in [-0.3, -0.25) is 14.4 Å². The van der Waals surface area contributed by atoms with Crippen LogP contribution in [-0.4, -0.2) is 37.2 Å². The molecule has 6 nitrogen and oxygen atoms in total. The second kappa shape index (κ2) is 50.4. The van der Waals surface area contributed by atoms with Gasteiger partial charge >= 0.3 is 17.9 Å². The van der Waals surface area contributed by atoms with Gasteiger partial charge in [0.1, 0.15) is 13.2 Å². The maximum absolute atomic E-state index is 12.7. The average molecular weight is 877 g/mol. The predicted molar refractivity (Wildman–Crippen MR) is 266 cm³/mol. The highest BCUT2D eigenvalue weighted by atomic mass is 16.6. The molecule has 0 aromatic carbocycles. The summed E-state index contributed by atoms with van der Waals surface area (Å²) in [6.07, 6.45) is 53.7. The number of unbranched alkanes of at least 4 members (excludes halogenated alkanes) is 37. The minimum absolute atomic E-state index is 0.0624. The van der Waals surface area contributed by atoms with Crippen molar-refractivity contribution in [1.29, 1.82) is 0 Å². The van der Waals surface area contributed by atoms with Crippen LogP contribution in [0.2, 0.25) is 0 Å². The first-order valence-corrected chi connectivity index (χ1v) is 27.9. The lowest BCUT2D eigenvalue weighted by atomic mass is 9.99. The monoisotopic (exact) mass is 877 g/mol. The van der Waals surface area contributed by atoms with Crippen LogP contribution < -0.4 is 0 Å². The van der Waals surface area contributed by atoms with Crippen LogP contribution in [0.4, 0.5) is 0 Å². The highest BCUT2D eigenvalue weighted by Gasteiger charge is 2.19. The molecule has 0 aliphatic heterocycles. The first-order chi connectivity index (χ1) is 30.4. The van der Waals surface area contributed by atoms with Crippen LogP contribution in [0.5, 0.6) is 0 Å². The van der Waals surface area contributed by atoms with E-state index in [2.05, 4.69) is 27.7 Å². The van der Waals surface area contributed by atoms with Crippen molar-refractivity contribution in [2.45, 2.75) is 323 Å². The Morgan fingerprint density at radius 2 is 0.565 bits per heavy atom. The molecule has 0 aromatic heterocycles. The van der Waals surface area contributed by atoms with Crippen molar-refractivity contribution in [1.82, 2.24) is 0 Å². The predicted octanol–water partition coefficient (Wildman–Crippen LogP) is 18.2. The minimum atomic E-state index is -0.760. The first kappa shape index (κ1) is 60.4. The average Bonchev–Trinajstić information content (AvgIpc) is 3.27. The molecular weight excluding hydrogens is 769 g/mol. The zero-order valence-electron chi connectivity index (χ0n) is 42.3. The molecule has 0 spiro atoms. The summed E-state index contributed by atoms with van der Waals surface area (Å²) in [5.74, 6) is 0.0540. The van der Waals surface area contributed by atoms with Gasteiger partial charge in [-0.25, -0.2) is 0 Å². The third-order valence-electron chi connectivity index (χ3n) is 13.2. The molecule has 0 aliphatic rings. The zero-order chi connectivity index (χ0) is 45.2. The Labute approximate surface area is 387 Å². The molecule has 1 unspecified atom stereocenters. The Balaban J connectivity index is 4.20. The number of rotatable bonds is 51. The Kier molecular flexibility index (Phi) is 49.1. The molecule has 0 aliphatic carbocycles. The number of ether oxygens (including phenoxy) is 3. The van der Waals surface area contributed by atoms with Crippen LogP contribution >= 0.6 is 0 Å². The number of hydrogen-bond donors (Lipinski definition) is 0. The Morgan fingerprint density at radius 3 is 0.839 bits per heavy atom. The minimum Gasteiger partial charge on any atom is -0.462 e. The van der Waals surface area contributed by atoms with E-state index in [4.69, 9.17) is 14.2 Å². The van der Waals surface area contributed by atoms with Crippen molar-refractivity contribution in [3.8, 4) is 0 Å². The lowest BCUT2D eigenvalue weighted by molar-refractivity contribution is -0.167. The number of carbonyl (C=O) groups excluding carboxylic acids is 3. The molecule has 0 aromatic rings. The Morgan fingerprint density at radius 1 is 0.323 bits per heavy atom. The fourth-order valence-electron chi connectivity index (χ4n) is 8.54. The fourth-order valence-corrected chi connectivity index (χ4v) is 8.54. The molecule has 0 saturated heterocycles. The molecule has 2 atom stereocenters. The van der Waals surface area contributed by atoms with Gasteiger partial charge in [-0.2, -0.15) is 0 Å². The zero-order valence-corrected chi connectivity index (χ0v) is 42.3. The molecule has 368 valence electrons. The van der Waals surface area contributed by atoms with Crippen molar-refractivity contribution in [3.63, 3.8) is 0 Å².